The number of carboxylic acids is 1. The molecule has 0 bridgehead atoms. The van der Waals surface area contributed by atoms with Gasteiger partial charge in [0.25, 0.3) is 5.69 Å². The number of nitro groups is 1. The van der Waals surface area contributed by atoms with Crippen LogP contribution in [0.2, 0.25) is 5.02 Å². The van der Waals surface area contributed by atoms with Gasteiger partial charge in [-0.2, -0.15) is 0 Å². The van der Waals surface area contributed by atoms with E-state index in [1.165, 1.54) is 36.4 Å². The molecule has 9 nitrogen and oxygen atoms in total. The molecule has 3 aromatic rings. The Bertz CT molecular complexity index is 1090. The second kappa shape index (κ2) is 8.93. The smallest absolute Gasteiger partial charge is 0.342 e. The van der Waals surface area contributed by atoms with Gasteiger partial charge in [-0.25, -0.2) is 9.78 Å². The second-order valence-electron chi connectivity index (χ2n) is 5.85. The topological polar surface area (TPSA) is 135 Å². The van der Waals surface area contributed by atoms with E-state index >= 15 is 0 Å². The monoisotopic (exact) mass is 434 g/mol. The third kappa shape index (κ3) is 5.04. The van der Waals surface area contributed by atoms with E-state index in [2.05, 4.69) is 15.2 Å². The number of nitrogens with one attached hydrogen (secondary N) is 1. The molecule has 11 heteroatoms. The molecule has 2 heterocycles. The molecule has 0 fully saturated rings. The standard InChI is InChI=1S/C18H15ClN4O5S/c1-2-3-16-20-18(22-21-16)29-15(17(24)25)9-11-5-7-14(28-11)12-6-4-10(19)8-13(12)23(26)27/h4-9H,2-3H2,1H3,(H,24,25)(H,20,21,22)/b15-9-. The Hall–Kier alpha value is -3.11. The zero-order valence-corrected chi connectivity index (χ0v) is 16.7. The Balaban J connectivity index is 1.88. The number of aryl methyl sites for hydroxylation is 1. The Morgan fingerprint density at radius 3 is 2.90 bits per heavy atom. The minimum Gasteiger partial charge on any atom is -0.477 e. The van der Waals surface area contributed by atoms with Crippen molar-refractivity contribution in [3.63, 3.8) is 0 Å². The Labute approximate surface area is 173 Å². The van der Waals surface area contributed by atoms with E-state index in [-0.39, 0.29) is 37.9 Å². The van der Waals surface area contributed by atoms with Gasteiger partial charge in [0.15, 0.2) is 0 Å². The summed E-state index contributed by atoms with van der Waals surface area (Å²) in [6.07, 6.45) is 2.90. The van der Waals surface area contributed by atoms with Gasteiger partial charge < -0.3 is 9.52 Å². The highest BCUT2D eigenvalue weighted by atomic mass is 35.5. The number of thioether (sulfide) groups is 1. The van der Waals surface area contributed by atoms with Gasteiger partial charge in [0.05, 0.1) is 10.5 Å². The molecular weight excluding hydrogens is 420 g/mol. The normalized spacial score (nSPS) is 11.6. The molecule has 2 aromatic heterocycles. The van der Waals surface area contributed by atoms with Crippen LogP contribution < -0.4 is 0 Å². The van der Waals surface area contributed by atoms with Crippen molar-refractivity contribution in [1.82, 2.24) is 15.2 Å². The summed E-state index contributed by atoms with van der Waals surface area (Å²) < 4.78 is 5.61. The fraction of sp³-hybridized carbons (Fsp3) is 0.167. The van der Waals surface area contributed by atoms with Crippen molar-refractivity contribution in [2.24, 2.45) is 0 Å². The van der Waals surface area contributed by atoms with Crippen LogP contribution >= 0.6 is 23.4 Å². The van der Waals surface area contributed by atoms with Gasteiger partial charge in [0.2, 0.25) is 5.16 Å². The summed E-state index contributed by atoms with van der Waals surface area (Å²) in [6, 6.07) is 7.26. The summed E-state index contributed by atoms with van der Waals surface area (Å²) in [5, 5.41) is 28.0. The number of hydrogen-bond donors (Lipinski definition) is 2. The molecule has 0 aliphatic carbocycles. The molecule has 2 N–H and O–H groups in total. The first kappa shape index (κ1) is 20.6. The molecule has 0 amide bonds. The van der Waals surface area contributed by atoms with Gasteiger partial charge in [-0.1, -0.05) is 18.5 Å². The molecule has 0 spiro atoms. The Morgan fingerprint density at radius 1 is 1.41 bits per heavy atom. The first-order chi connectivity index (χ1) is 13.9. The van der Waals surface area contributed by atoms with Gasteiger partial charge in [0, 0.05) is 23.6 Å². The van der Waals surface area contributed by atoms with Crippen molar-refractivity contribution in [3.8, 4) is 11.3 Å². The number of carbonyl (C=O) groups is 1. The molecule has 0 saturated heterocycles. The van der Waals surface area contributed by atoms with Crippen LogP contribution in [0.25, 0.3) is 17.4 Å². The average molecular weight is 435 g/mol. The number of H-pyrrole nitrogens is 1. The molecule has 1 aromatic carbocycles. The van der Waals surface area contributed by atoms with Gasteiger partial charge in [-0.15, -0.1) is 5.10 Å². The van der Waals surface area contributed by atoms with Crippen molar-refractivity contribution in [2.45, 2.75) is 24.9 Å². The number of aromatic nitrogens is 3. The summed E-state index contributed by atoms with van der Waals surface area (Å²) in [6.45, 7) is 2.00. The Kier molecular flexibility index (Phi) is 6.35. The lowest BCUT2D eigenvalue weighted by Gasteiger charge is -2.00. The number of carboxylic acid groups (broad SMARTS) is 1. The SMILES string of the molecule is CCCc1nc(S/C(=C\c2ccc(-c3ccc(Cl)cc3[N+](=O)[O-])o2)C(=O)O)n[nH]1. The zero-order chi connectivity index (χ0) is 21.0. The number of benzene rings is 1. The largest absolute Gasteiger partial charge is 0.477 e. The molecule has 0 atom stereocenters. The van der Waals surface area contributed by atoms with E-state index < -0.39 is 10.9 Å². The lowest BCUT2D eigenvalue weighted by Crippen LogP contribution is -1.97. The van der Waals surface area contributed by atoms with Crippen LogP contribution in [0.4, 0.5) is 5.69 Å². The van der Waals surface area contributed by atoms with Crippen LogP contribution in [0.15, 0.2) is 44.8 Å². The van der Waals surface area contributed by atoms with Gasteiger partial charge in [-0.3, -0.25) is 15.2 Å². The minimum atomic E-state index is -1.17. The molecule has 0 aliphatic heterocycles. The molecule has 0 unspecified atom stereocenters. The highest BCUT2D eigenvalue weighted by Gasteiger charge is 2.19. The molecule has 29 heavy (non-hydrogen) atoms. The van der Waals surface area contributed by atoms with E-state index in [4.69, 9.17) is 16.0 Å². The van der Waals surface area contributed by atoms with Crippen molar-refractivity contribution in [1.29, 1.82) is 0 Å². The Morgan fingerprint density at radius 2 is 2.21 bits per heavy atom. The summed E-state index contributed by atoms with van der Waals surface area (Å²) in [5.74, 6) is -0.0571. The van der Waals surface area contributed by atoms with Gasteiger partial charge in [0.1, 0.15) is 22.3 Å². The van der Waals surface area contributed by atoms with E-state index in [1.54, 1.807) is 0 Å². The van der Waals surface area contributed by atoms with E-state index in [1.807, 2.05) is 6.92 Å². The number of nitro benzene ring substituents is 1. The summed E-state index contributed by atoms with van der Waals surface area (Å²) in [5.41, 5.74) is 0.0288. The maximum Gasteiger partial charge on any atom is 0.342 e. The lowest BCUT2D eigenvalue weighted by atomic mass is 10.1. The van der Waals surface area contributed by atoms with Gasteiger partial charge in [-0.05, 0) is 42.4 Å². The molecule has 3 rings (SSSR count). The highest BCUT2D eigenvalue weighted by Crippen LogP contribution is 2.34. The number of furan rings is 1. The van der Waals surface area contributed by atoms with Gasteiger partial charge >= 0.3 is 5.97 Å². The van der Waals surface area contributed by atoms with Crippen LogP contribution in [0.1, 0.15) is 24.9 Å². The third-order valence-electron chi connectivity index (χ3n) is 3.73. The number of halogens is 1. The third-order valence-corrected chi connectivity index (χ3v) is 4.84. The van der Waals surface area contributed by atoms with E-state index in [0.29, 0.717) is 12.2 Å². The fourth-order valence-corrected chi connectivity index (χ4v) is 3.35. The summed E-state index contributed by atoms with van der Waals surface area (Å²) in [7, 11) is 0. The maximum absolute atomic E-state index is 11.6. The number of aliphatic carboxylic acids is 1. The maximum atomic E-state index is 11.6. The summed E-state index contributed by atoms with van der Waals surface area (Å²) >= 11 is 6.70. The van der Waals surface area contributed by atoms with Crippen molar-refractivity contribution in [2.75, 3.05) is 0 Å². The molecule has 0 aliphatic rings. The van der Waals surface area contributed by atoms with E-state index in [0.717, 1.165) is 18.2 Å². The van der Waals surface area contributed by atoms with Crippen LogP contribution in [-0.4, -0.2) is 31.2 Å². The fourth-order valence-electron chi connectivity index (χ4n) is 2.47. The number of aromatic amines is 1. The molecule has 0 saturated carbocycles. The predicted molar refractivity (Wildman–Crippen MR) is 108 cm³/mol. The number of hydrogen-bond acceptors (Lipinski definition) is 7. The first-order valence-electron chi connectivity index (χ1n) is 8.45. The zero-order valence-electron chi connectivity index (χ0n) is 15.1. The van der Waals surface area contributed by atoms with Crippen molar-refractivity contribution in [3.05, 3.63) is 62.0 Å². The highest BCUT2D eigenvalue weighted by molar-refractivity contribution is 8.04. The van der Waals surface area contributed by atoms with Crippen LogP contribution in [0, 0.1) is 10.1 Å². The lowest BCUT2D eigenvalue weighted by molar-refractivity contribution is -0.384. The first-order valence-corrected chi connectivity index (χ1v) is 9.65. The molecule has 0 radical (unpaired) electrons. The predicted octanol–water partition coefficient (Wildman–Crippen LogP) is 4.80. The number of rotatable bonds is 8. The molecule has 150 valence electrons. The van der Waals surface area contributed by atoms with Crippen LogP contribution in [-0.2, 0) is 11.2 Å². The average Bonchev–Trinajstić information content (AvgIpc) is 3.31. The minimum absolute atomic E-state index is 0.0569. The quantitative estimate of drug-likeness (QED) is 0.223. The van der Waals surface area contributed by atoms with E-state index in [9.17, 15) is 20.0 Å². The van der Waals surface area contributed by atoms with Crippen molar-refractivity contribution >= 4 is 41.1 Å². The second-order valence-corrected chi connectivity index (χ2v) is 7.30. The van der Waals surface area contributed by atoms with Crippen LogP contribution in [0.5, 0.6) is 0 Å². The molecular formula is C18H15ClN4O5S. The summed E-state index contributed by atoms with van der Waals surface area (Å²) in [4.78, 5) is 26.5. The van der Waals surface area contributed by atoms with Crippen molar-refractivity contribution < 1.29 is 19.2 Å². The van der Waals surface area contributed by atoms with Crippen LogP contribution in [0.3, 0.4) is 0 Å². The number of nitrogens with zero attached hydrogens (tertiary/aromatic N) is 3.